The molecule has 0 unspecified atom stereocenters. The molecule has 0 spiro atoms. The van der Waals surface area contributed by atoms with Gasteiger partial charge in [0, 0.05) is 29.7 Å². The van der Waals surface area contributed by atoms with Crippen molar-refractivity contribution in [2.45, 2.75) is 74.1 Å². The first-order chi connectivity index (χ1) is 17.1. The Morgan fingerprint density at radius 2 is 1.77 bits per heavy atom. The monoisotopic (exact) mass is 492 g/mol. The number of hydrogen-bond acceptors (Lipinski definition) is 8. The van der Waals surface area contributed by atoms with Gasteiger partial charge >= 0.3 is 0 Å². The topological polar surface area (TPSA) is 87.1 Å². The summed E-state index contributed by atoms with van der Waals surface area (Å²) in [4.78, 5) is 11.1. The number of nitrogens with one attached hydrogen (secondary N) is 1. The highest BCUT2D eigenvalue weighted by Gasteiger charge is 2.40. The van der Waals surface area contributed by atoms with Gasteiger partial charge in [0.2, 0.25) is 0 Å². The molecule has 7 nitrogen and oxygen atoms in total. The Labute approximate surface area is 208 Å². The van der Waals surface area contributed by atoms with E-state index in [0.717, 1.165) is 18.7 Å². The van der Waals surface area contributed by atoms with Crippen LogP contribution >= 0.6 is 11.8 Å². The van der Waals surface area contributed by atoms with Crippen molar-refractivity contribution in [3.8, 4) is 28.3 Å². The Hall–Kier alpha value is -2.78. The third-order valence-corrected chi connectivity index (χ3v) is 8.07. The number of thioether (sulfide) groups is 1. The number of pyridine rings is 1. The van der Waals surface area contributed by atoms with Gasteiger partial charge in [-0.2, -0.15) is 0 Å². The molecule has 0 radical (unpaired) electrons. The van der Waals surface area contributed by atoms with Crippen molar-refractivity contribution in [2.24, 2.45) is 0 Å². The molecule has 3 fully saturated rings. The van der Waals surface area contributed by atoms with E-state index >= 15 is 0 Å². The SMILES string of the molecule is CSc1cc(-c2ccc(-c3ncc(N(C4CC4)C4C[C@@H]5CCC[C@@H](C4)N5)nn3)c(O)c2)c(F)cn1. The predicted molar refractivity (Wildman–Crippen MR) is 135 cm³/mol. The van der Waals surface area contributed by atoms with Gasteiger partial charge in [0.25, 0.3) is 0 Å². The van der Waals surface area contributed by atoms with Crippen molar-refractivity contribution in [3.63, 3.8) is 0 Å². The van der Waals surface area contributed by atoms with Crippen molar-refractivity contribution < 1.29 is 9.50 Å². The van der Waals surface area contributed by atoms with E-state index in [1.807, 2.05) is 6.26 Å². The number of anilines is 1. The zero-order chi connectivity index (χ0) is 23.9. The maximum absolute atomic E-state index is 14.4. The smallest absolute Gasteiger partial charge is 0.185 e. The van der Waals surface area contributed by atoms with E-state index in [1.54, 1.807) is 30.5 Å². The second-order valence-corrected chi connectivity index (χ2v) is 10.7. The molecule has 1 saturated carbocycles. The summed E-state index contributed by atoms with van der Waals surface area (Å²) in [7, 11) is 0. The number of benzene rings is 1. The van der Waals surface area contributed by atoms with Crippen molar-refractivity contribution in [1.82, 2.24) is 25.5 Å². The van der Waals surface area contributed by atoms with Gasteiger partial charge in [-0.05, 0) is 68.5 Å². The van der Waals surface area contributed by atoms with Gasteiger partial charge in [0.15, 0.2) is 11.6 Å². The van der Waals surface area contributed by atoms with Crippen molar-refractivity contribution in [3.05, 3.63) is 42.5 Å². The average molecular weight is 493 g/mol. The number of rotatable bonds is 6. The molecule has 0 amide bonds. The van der Waals surface area contributed by atoms with E-state index in [9.17, 15) is 9.50 Å². The van der Waals surface area contributed by atoms with Crippen LogP contribution in [-0.4, -0.2) is 55.7 Å². The number of aromatic hydroxyl groups is 1. The highest BCUT2D eigenvalue weighted by atomic mass is 32.2. The molecule has 2 N–H and O–H groups in total. The van der Waals surface area contributed by atoms with Crippen molar-refractivity contribution >= 4 is 17.6 Å². The van der Waals surface area contributed by atoms with E-state index in [4.69, 9.17) is 0 Å². The Bertz CT molecular complexity index is 1210. The molecule has 2 atom stereocenters. The van der Waals surface area contributed by atoms with Gasteiger partial charge in [-0.25, -0.2) is 14.4 Å². The highest BCUT2D eigenvalue weighted by molar-refractivity contribution is 7.98. The molecule has 2 saturated heterocycles. The molecule has 2 aromatic heterocycles. The average Bonchev–Trinajstić information content (AvgIpc) is 3.70. The second kappa shape index (κ2) is 9.35. The summed E-state index contributed by atoms with van der Waals surface area (Å²) in [6, 6.07) is 8.89. The standard InChI is InChI=1S/C26H29FN6OS/c1-35-25-12-21(22(27)13-28-25)15-5-8-20(23(34)9-15)26-29-14-24(31-32-26)33(18-6-7-18)19-10-16-3-2-4-17(11-19)30-16/h5,8-9,12-14,16-19,30,34H,2-4,6-7,10-11H2,1H3/t16-,17-/m0/s1. The lowest BCUT2D eigenvalue weighted by molar-refractivity contribution is 0.215. The lowest BCUT2D eigenvalue weighted by Gasteiger charge is -2.45. The van der Waals surface area contributed by atoms with E-state index < -0.39 is 5.82 Å². The first-order valence-electron chi connectivity index (χ1n) is 12.4. The van der Waals surface area contributed by atoms with Gasteiger partial charge in [0.1, 0.15) is 11.6 Å². The van der Waals surface area contributed by atoms with Crippen LogP contribution in [0.4, 0.5) is 10.2 Å². The van der Waals surface area contributed by atoms with E-state index in [-0.39, 0.29) is 5.75 Å². The minimum absolute atomic E-state index is 0.0100. The van der Waals surface area contributed by atoms with E-state index in [1.165, 1.54) is 50.1 Å². The molecule has 35 heavy (non-hydrogen) atoms. The lowest BCUT2D eigenvalue weighted by Crippen LogP contribution is -2.55. The molecule has 2 aliphatic heterocycles. The predicted octanol–water partition coefficient (Wildman–Crippen LogP) is 4.81. The lowest BCUT2D eigenvalue weighted by atomic mass is 9.83. The van der Waals surface area contributed by atoms with Crippen LogP contribution in [0.2, 0.25) is 0 Å². The fraction of sp³-hybridized carbons (Fsp3) is 0.462. The van der Waals surface area contributed by atoms with Crippen LogP contribution in [0.1, 0.15) is 44.9 Å². The zero-order valence-electron chi connectivity index (χ0n) is 19.7. The normalized spacial score (nSPS) is 23.8. The van der Waals surface area contributed by atoms with Gasteiger partial charge in [-0.15, -0.1) is 22.0 Å². The van der Waals surface area contributed by atoms with Crippen LogP contribution in [0.15, 0.2) is 41.7 Å². The molecule has 3 aromatic rings. The molecular formula is C26H29FN6OS. The summed E-state index contributed by atoms with van der Waals surface area (Å²) < 4.78 is 14.4. The quantitative estimate of drug-likeness (QED) is 0.474. The summed E-state index contributed by atoms with van der Waals surface area (Å²) in [6.45, 7) is 0. The van der Waals surface area contributed by atoms with Crippen LogP contribution in [0.25, 0.3) is 22.5 Å². The molecular weight excluding hydrogens is 463 g/mol. The van der Waals surface area contributed by atoms with E-state index in [2.05, 4.69) is 30.4 Å². The molecule has 182 valence electrons. The van der Waals surface area contributed by atoms with Crippen LogP contribution in [-0.2, 0) is 0 Å². The number of phenolic OH excluding ortho intramolecular Hbond substituents is 1. The number of hydrogen-bond donors (Lipinski definition) is 2. The minimum atomic E-state index is -0.431. The van der Waals surface area contributed by atoms with Crippen molar-refractivity contribution in [2.75, 3.05) is 11.2 Å². The molecule has 3 aliphatic rings. The third kappa shape index (κ3) is 4.59. The molecule has 6 rings (SSSR count). The molecule has 9 heteroatoms. The fourth-order valence-electron chi connectivity index (χ4n) is 5.64. The third-order valence-electron chi connectivity index (χ3n) is 7.43. The van der Waals surface area contributed by atoms with Crippen molar-refractivity contribution in [1.29, 1.82) is 0 Å². The van der Waals surface area contributed by atoms with Crippen LogP contribution < -0.4 is 10.2 Å². The number of fused-ring (bicyclic) bond motifs is 2. The Kier molecular flexibility index (Phi) is 6.06. The van der Waals surface area contributed by atoms with Gasteiger partial charge < -0.3 is 15.3 Å². The highest BCUT2D eigenvalue weighted by Crippen LogP contribution is 2.39. The number of nitrogens with zero attached hydrogens (tertiary/aromatic N) is 5. The largest absolute Gasteiger partial charge is 0.507 e. The maximum atomic E-state index is 14.4. The Morgan fingerprint density at radius 3 is 2.43 bits per heavy atom. The number of phenols is 1. The fourth-order valence-corrected chi connectivity index (χ4v) is 6.03. The Morgan fingerprint density at radius 1 is 0.971 bits per heavy atom. The van der Waals surface area contributed by atoms with Gasteiger partial charge in [-0.1, -0.05) is 12.5 Å². The molecule has 1 aliphatic carbocycles. The molecule has 1 aromatic carbocycles. The second-order valence-electron chi connectivity index (χ2n) is 9.83. The number of piperidine rings is 2. The first kappa shape index (κ1) is 22.7. The van der Waals surface area contributed by atoms with Gasteiger partial charge in [-0.3, -0.25) is 0 Å². The number of halogens is 1. The summed E-state index contributed by atoms with van der Waals surface area (Å²) in [5.41, 5.74) is 1.44. The number of aromatic nitrogens is 4. The maximum Gasteiger partial charge on any atom is 0.185 e. The van der Waals surface area contributed by atoms with E-state index in [0.29, 0.717) is 51.7 Å². The minimum Gasteiger partial charge on any atom is -0.507 e. The zero-order valence-corrected chi connectivity index (χ0v) is 20.5. The summed E-state index contributed by atoms with van der Waals surface area (Å²) >= 11 is 1.44. The Balaban J connectivity index is 1.25. The molecule has 2 bridgehead atoms. The van der Waals surface area contributed by atoms with Crippen LogP contribution in [0, 0.1) is 5.82 Å². The van der Waals surface area contributed by atoms with Gasteiger partial charge in [0.05, 0.1) is 23.0 Å². The van der Waals surface area contributed by atoms with Crippen LogP contribution in [0.3, 0.4) is 0 Å². The summed E-state index contributed by atoms with van der Waals surface area (Å²) in [5.74, 6) is 0.736. The first-order valence-corrected chi connectivity index (χ1v) is 13.6. The van der Waals surface area contributed by atoms with Crippen LogP contribution in [0.5, 0.6) is 5.75 Å². The summed E-state index contributed by atoms with van der Waals surface area (Å²) in [5, 5.41) is 24.2. The molecule has 4 heterocycles. The summed E-state index contributed by atoms with van der Waals surface area (Å²) in [6.07, 6.45) is 13.4.